The van der Waals surface area contributed by atoms with Crippen molar-refractivity contribution in [3.05, 3.63) is 71.3 Å². The van der Waals surface area contributed by atoms with E-state index in [9.17, 15) is 30.0 Å². The lowest BCUT2D eigenvalue weighted by Gasteiger charge is -2.38. The van der Waals surface area contributed by atoms with Crippen LogP contribution in [0.15, 0.2) is 54.6 Å². The predicted octanol–water partition coefficient (Wildman–Crippen LogP) is 0.932. The summed E-state index contributed by atoms with van der Waals surface area (Å²) in [6.45, 7) is 0.916. The van der Waals surface area contributed by atoms with E-state index in [0.29, 0.717) is 16.7 Å². The van der Waals surface area contributed by atoms with E-state index in [0.717, 1.165) is 0 Å². The molecule has 0 aromatic heterocycles. The predicted molar refractivity (Wildman–Crippen MR) is 106 cm³/mol. The van der Waals surface area contributed by atoms with Gasteiger partial charge in [0.25, 0.3) is 0 Å². The molecule has 1 aliphatic heterocycles. The molecule has 0 radical (unpaired) electrons. The molecule has 6 atom stereocenters. The highest BCUT2D eigenvalue weighted by Crippen LogP contribution is 2.24. The van der Waals surface area contributed by atoms with Gasteiger partial charge in [0.2, 0.25) is 6.29 Å². The lowest BCUT2D eigenvalue weighted by atomic mass is 9.99. The number of aliphatic hydroxyl groups excluding tert-OH is 4. The van der Waals surface area contributed by atoms with Gasteiger partial charge in [-0.25, -0.2) is 4.79 Å². The maximum absolute atomic E-state index is 12.6. The van der Waals surface area contributed by atoms with Gasteiger partial charge in [0.1, 0.15) is 30.5 Å². The van der Waals surface area contributed by atoms with Crippen molar-refractivity contribution >= 4 is 11.9 Å². The minimum Gasteiger partial charge on any atom is -0.426 e. The van der Waals surface area contributed by atoms with Crippen molar-refractivity contribution in [2.24, 2.45) is 0 Å². The summed E-state index contributed by atoms with van der Waals surface area (Å²) in [4.78, 5) is 24.8. The molecule has 1 aliphatic rings. The maximum atomic E-state index is 12.6. The Kier molecular flexibility index (Phi) is 7.37. The van der Waals surface area contributed by atoms with Gasteiger partial charge in [-0.2, -0.15) is 0 Å². The van der Waals surface area contributed by atoms with Crippen LogP contribution in [0.4, 0.5) is 4.79 Å². The van der Waals surface area contributed by atoms with Gasteiger partial charge in [-0.1, -0.05) is 48.5 Å². The zero-order chi connectivity index (χ0) is 22.5. The second-order valence-corrected chi connectivity index (χ2v) is 7.15. The zero-order valence-corrected chi connectivity index (χ0v) is 16.7. The lowest BCUT2D eigenvalue weighted by Crippen LogP contribution is -2.59. The molecule has 31 heavy (non-hydrogen) atoms. The molecule has 3 rings (SSSR count). The van der Waals surface area contributed by atoms with E-state index in [1.165, 1.54) is 0 Å². The van der Waals surface area contributed by atoms with Gasteiger partial charge in [0.15, 0.2) is 5.78 Å². The molecule has 1 heterocycles. The van der Waals surface area contributed by atoms with Gasteiger partial charge in [-0.3, -0.25) is 4.79 Å². The van der Waals surface area contributed by atoms with Gasteiger partial charge in [0, 0.05) is 11.1 Å². The SMILES string of the molecule is CC(OC(=O)OC1OC(CO)C(O)C(O)C1O)c1cccc(C(=O)c2ccccc2)c1. The van der Waals surface area contributed by atoms with Crippen molar-refractivity contribution < 1.29 is 44.2 Å². The second kappa shape index (κ2) is 9.99. The number of ketones is 1. The highest BCUT2D eigenvalue weighted by Gasteiger charge is 2.45. The van der Waals surface area contributed by atoms with Gasteiger partial charge < -0.3 is 34.6 Å². The van der Waals surface area contributed by atoms with E-state index in [1.807, 2.05) is 6.07 Å². The number of carbonyl (C=O) groups excluding carboxylic acids is 2. The number of hydrogen-bond acceptors (Lipinski definition) is 9. The quantitative estimate of drug-likeness (QED) is 0.387. The minimum absolute atomic E-state index is 0.182. The molecule has 0 bridgehead atoms. The summed E-state index contributed by atoms with van der Waals surface area (Å²) >= 11 is 0. The third-order valence-electron chi connectivity index (χ3n) is 4.99. The standard InChI is InChI=1S/C22H24O9/c1-12(14-8-5-9-15(10-14)17(24)13-6-3-2-4-7-13)29-22(28)31-21-20(27)19(26)18(25)16(11-23)30-21/h2-10,12,16,18-21,23,25-27H,11H2,1H3. The fraction of sp³-hybridized carbons (Fsp3) is 0.364. The van der Waals surface area contributed by atoms with Crippen molar-refractivity contribution in [2.45, 2.75) is 43.7 Å². The summed E-state index contributed by atoms with van der Waals surface area (Å²) in [5.41, 5.74) is 1.48. The van der Waals surface area contributed by atoms with E-state index in [4.69, 9.17) is 14.2 Å². The normalized spacial score (nSPS) is 26.7. The molecule has 1 saturated heterocycles. The van der Waals surface area contributed by atoms with Crippen molar-refractivity contribution in [3.63, 3.8) is 0 Å². The van der Waals surface area contributed by atoms with Crippen LogP contribution in [-0.4, -0.2) is 69.7 Å². The lowest BCUT2D eigenvalue weighted by molar-refractivity contribution is -0.289. The molecular formula is C22H24O9. The van der Waals surface area contributed by atoms with E-state index in [-0.39, 0.29) is 5.78 Å². The number of ether oxygens (including phenoxy) is 3. The van der Waals surface area contributed by atoms with Crippen LogP contribution in [0, 0.1) is 0 Å². The van der Waals surface area contributed by atoms with Gasteiger partial charge in [0.05, 0.1) is 6.61 Å². The largest absolute Gasteiger partial charge is 0.511 e. The summed E-state index contributed by atoms with van der Waals surface area (Å²) in [6, 6.07) is 15.3. The fourth-order valence-corrected chi connectivity index (χ4v) is 3.19. The van der Waals surface area contributed by atoms with Crippen molar-refractivity contribution in [1.82, 2.24) is 0 Å². The summed E-state index contributed by atoms with van der Waals surface area (Å²) in [7, 11) is 0. The van der Waals surface area contributed by atoms with Gasteiger partial charge >= 0.3 is 6.16 Å². The van der Waals surface area contributed by atoms with Crippen LogP contribution in [0.25, 0.3) is 0 Å². The number of hydrogen-bond donors (Lipinski definition) is 4. The van der Waals surface area contributed by atoms with Crippen LogP contribution < -0.4 is 0 Å². The van der Waals surface area contributed by atoms with Crippen LogP contribution in [0.2, 0.25) is 0 Å². The van der Waals surface area contributed by atoms with E-state index in [2.05, 4.69) is 0 Å². The minimum atomic E-state index is -1.73. The van der Waals surface area contributed by atoms with E-state index < -0.39 is 49.6 Å². The number of aliphatic hydroxyl groups is 4. The maximum Gasteiger partial charge on any atom is 0.511 e. The first kappa shape index (κ1) is 22.9. The van der Waals surface area contributed by atoms with Crippen molar-refractivity contribution in [1.29, 1.82) is 0 Å². The smallest absolute Gasteiger partial charge is 0.426 e. The Morgan fingerprint density at radius 2 is 1.65 bits per heavy atom. The summed E-state index contributed by atoms with van der Waals surface area (Å²) in [5, 5.41) is 38.7. The Hall–Kier alpha value is -2.82. The highest BCUT2D eigenvalue weighted by molar-refractivity contribution is 6.09. The molecular weight excluding hydrogens is 408 g/mol. The molecule has 0 spiro atoms. The molecule has 0 aliphatic carbocycles. The molecule has 166 valence electrons. The molecule has 0 amide bonds. The Labute approximate surface area is 178 Å². The third kappa shape index (κ3) is 5.27. The van der Waals surface area contributed by atoms with Crippen molar-refractivity contribution in [3.8, 4) is 0 Å². The molecule has 9 heteroatoms. The van der Waals surface area contributed by atoms with Crippen LogP contribution in [0.3, 0.4) is 0 Å². The number of carbonyl (C=O) groups is 2. The fourth-order valence-electron chi connectivity index (χ4n) is 3.19. The summed E-state index contributed by atoms with van der Waals surface area (Å²) in [5.74, 6) is -0.182. The van der Waals surface area contributed by atoms with E-state index in [1.54, 1.807) is 55.5 Å². The Morgan fingerprint density at radius 1 is 0.968 bits per heavy atom. The third-order valence-corrected chi connectivity index (χ3v) is 4.99. The average molecular weight is 432 g/mol. The molecule has 4 N–H and O–H groups in total. The molecule has 1 fully saturated rings. The van der Waals surface area contributed by atoms with E-state index >= 15 is 0 Å². The molecule has 6 unspecified atom stereocenters. The molecule has 2 aromatic rings. The van der Waals surface area contributed by atoms with Crippen LogP contribution in [0.5, 0.6) is 0 Å². The first-order chi connectivity index (χ1) is 14.8. The van der Waals surface area contributed by atoms with Gasteiger partial charge in [-0.05, 0) is 18.6 Å². The summed E-state index contributed by atoms with van der Waals surface area (Å²) in [6.07, 6.45) is -9.83. The van der Waals surface area contributed by atoms with Gasteiger partial charge in [-0.15, -0.1) is 0 Å². The number of rotatable bonds is 6. The Balaban J connectivity index is 1.64. The first-order valence-electron chi connectivity index (χ1n) is 9.69. The molecule has 9 nitrogen and oxygen atoms in total. The monoisotopic (exact) mass is 432 g/mol. The highest BCUT2D eigenvalue weighted by atomic mass is 16.8. The molecule has 0 saturated carbocycles. The zero-order valence-electron chi connectivity index (χ0n) is 16.7. The average Bonchev–Trinajstić information content (AvgIpc) is 2.79. The number of benzene rings is 2. The topological polar surface area (TPSA) is 143 Å². The van der Waals surface area contributed by atoms with Crippen molar-refractivity contribution in [2.75, 3.05) is 6.61 Å². The molecule has 2 aromatic carbocycles. The van der Waals surface area contributed by atoms with Crippen LogP contribution in [-0.2, 0) is 14.2 Å². The second-order valence-electron chi connectivity index (χ2n) is 7.15. The Morgan fingerprint density at radius 3 is 2.32 bits per heavy atom. The first-order valence-corrected chi connectivity index (χ1v) is 9.69. The Bertz CT molecular complexity index is 899. The van der Waals surface area contributed by atoms with Crippen LogP contribution in [0.1, 0.15) is 34.5 Å². The summed E-state index contributed by atoms with van der Waals surface area (Å²) < 4.78 is 15.2. The van der Waals surface area contributed by atoms with Crippen LogP contribution >= 0.6 is 0 Å².